The first-order valence-electron chi connectivity index (χ1n) is 7.42. The summed E-state index contributed by atoms with van der Waals surface area (Å²) in [5.41, 5.74) is 0.583. The Hall–Kier alpha value is -1.62. The third kappa shape index (κ3) is 5.01. The van der Waals surface area contributed by atoms with Crippen LogP contribution in [0.25, 0.3) is 0 Å². The van der Waals surface area contributed by atoms with Crippen LogP contribution in [-0.2, 0) is 16.1 Å². The van der Waals surface area contributed by atoms with Crippen molar-refractivity contribution in [3.63, 3.8) is 0 Å². The predicted octanol–water partition coefficient (Wildman–Crippen LogP) is 3.00. The number of likely N-dealkylation sites (tertiary alicyclic amines) is 1. The SMILES string of the molecule is CC(C)(C)OC(=O)N1CCC[C@H]1COCc1cccnc1. The summed E-state index contributed by atoms with van der Waals surface area (Å²) < 4.78 is 11.2. The molecule has 1 aliphatic rings. The summed E-state index contributed by atoms with van der Waals surface area (Å²) in [5, 5.41) is 0. The Labute approximate surface area is 126 Å². The van der Waals surface area contributed by atoms with E-state index >= 15 is 0 Å². The molecule has 2 rings (SSSR count). The van der Waals surface area contributed by atoms with Crippen molar-refractivity contribution in [2.75, 3.05) is 13.2 Å². The number of hydrogen-bond donors (Lipinski definition) is 0. The zero-order valence-electron chi connectivity index (χ0n) is 13.0. The van der Waals surface area contributed by atoms with Crippen LogP contribution in [0.15, 0.2) is 24.5 Å². The number of amides is 1. The lowest BCUT2D eigenvalue weighted by atomic mass is 10.2. The van der Waals surface area contributed by atoms with Gasteiger partial charge in [-0.05, 0) is 45.2 Å². The van der Waals surface area contributed by atoms with Crippen LogP contribution in [-0.4, -0.2) is 40.8 Å². The number of ether oxygens (including phenoxy) is 2. The number of hydrogen-bond acceptors (Lipinski definition) is 4. The minimum Gasteiger partial charge on any atom is -0.444 e. The molecule has 1 amide bonds. The van der Waals surface area contributed by atoms with Crippen molar-refractivity contribution in [3.8, 4) is 0 Å². The highest BCUT2D eigenvalue weighted by atomic mass is 16.6. The number of rotatable bonds is 4. The summed E-state index contributed by atoms with van der Waals surface area (Å²) in [6, 6.07) is 3.98. The van der Waals surface area contributed by atoms with Gasteiger partial charge in [-0.2, -0.15) is 0 Å². The average molecular weight is 292 g/mol. The number of aromatic nitrogens is 1. The third-order valence-electron chi connectivity index (χ3n) is 3.31. The molecule has 1 aliphatic heterocycles. The maximum absolute atomic E-state index is 12.1. The van der Waals surface area contributed by atoms with Crippen LogP contribution >= 0.6 is 0 Å². The van der Waals surface area contributed by atoms with Crippen LogP contribution in [0.1, 0.15) is 39.2 Å². The normalized spacial score (nSPS) is 18.8. The van der Waals surface area contributed by atoms with Gasteiger partial charge in [-0.3, -0.25) is 4.98 Å². The largest absolute Gasteiger partial charge is 0.444 e. The highest BCUT2D eigenvalue weighted by Gasteiger charge is 2.32. The van der Waals surface area contributed by atoms with E-state index in [-0.39, 0.29) is 12.1 Å². The Morgan fingerprint density at radius 3 is 2.95 bits per heavy atom. The molecule has 5 heteroatoms. The monoisotopic (exact) mass is 292 g/mol. The summed E-state index contributed by atoms with van der Waals surface area (Å²) in [4.78, 5) is 18.0. The molecule has 0 spiro atoms. The van der Waals surface area contributed by atoms with E-state index in [9.17, 15) is 4.79 Å². The second kappa shape index (κ2) is 6.89. The average Bonchev–Trinajstić information content (AvgIpc) is 2.86. The van der Waals surface area contributed by atoms with Gasteiger partial charge in [-0.15, -0.1) is 0 Å². The number of nitrogens with zero attached hydrogens (tertiary/aromatic N) is 2. The lowest BCUT2D eigenvalue weighted by molar-refractivity contribution is 0.00881. The first kappa shape index (κ1) is 15.8. The molecular formula is C16H24N2O3. The second-order valence-electron chi connectivity index (χ2n) is 6.35. The van der Waals surface area contributed by atoms with Crippen LogP contribution in [0, 0.1) is 0 Å². The van der Waals surface area contributed by atoms with Crippen LogP contribution in [0.2, 0.25) is 0 Å². The molecule has 0 unspecified atom stereocenters. The van der Waals surface area contributed by atoms with Gasteiger partial charge in [0.05, 0.1) is 19.3 Å². The van der Waals surface area contributed by atoms with E-state index in [0.717, 1.165) is 24.9 Å². The lowest BCUT2D eigenvalue weighted by Gasteiger charge is -2.28. The topological polar surface area (TPSA) is 51.7 Å². The first-order valence-corrected chi connectivity index (χ1v) is 7.42. The predicted molar refractivity (Wildman–Crippen MR) is 79.9 cm³/mol. The molecule has 0 N–H and O–H groups in total. The van der Waals surface area contributed by atoms with E-state index in [1.807, 2.05) is 32.9 Å². The maximum atomic E-state index is 12.1. The molecule has 21 heavy (non-hydrogen) atoms. The summed E-state index contributed by atoms with van der Waals surface area (Å²) in [6.07, 6.45) is 5.26. The summed E-state index contributed by atoms with van der Waals surface area (Å²) in [6.45, 7) is 7.45. The van der Waals surface area contributed by atoms with Gasteiger partial charge in [-0.25, -0.2) is 4.79 Å². The highest BCUT2D eigenvalue weighted by Crippen LogP contribution is 2.21. The Balaban J connectivity index is 1.80. The fourth-order valence-electron chi connectivity index (χ4n) is 2.37. The van der Waals surface area contributed by atoms with Gasteiger partial charge >= 0.3 is 6.09 Å². The van der Waals surface area contributed by atoms with Crippen molar-refractivity contribution >= 4 is 6.09 Å². The number of carbonyl (C=O) groups is 1. The Morgan fingerprint density at radius 1 is 1.48 bits per heavy atom. The van der Waals surface area contributed by atoms with Crippen molar-refractivity contribution in [1.29, 1.82) is 0 Å². The Bertz CT molecular complexity index is 456. The van der Waals surface area contributed by atoms with E-state index < -0.39 is 5.60 Å². The molecule has 1 fully saturated rings. The van der Waals surface area contributed by atoms with Crippen molar-refractivity contribution in [1.82, 2.24) is 9.88 Å². The second-order valence-corrected chi connectivity index (χ2v) is 6.35. The molecule has 0 aromatic carbocycles. The molecule has 0 aliphatic carbocycles. The third-order valence-corrected chi connectivity index (χ3v) is 3.31. The fraction of sp³-hybridized carbons (Fsp3) is 0.625. The number of carbonyl (C=O) groups excluding carboxylic acids is 1. The molecule has 1 aromatic rings. The molecule has 1 aromatic heterocycles. The van der Waals surface area contributed by atoms with Gasteiger partial charge in [0.1, 0.15) is 5.60 Å². The van der Waals surface area contributed by atoms with Crippen molar-refractivity contribution < 1.29 is 14.3 Å². The van der Waals surface area contributed by atoms with Gasteiger partial charge in [0, 0.05) is 18.9 Å². The van der Waals surface area contributed by atoms with Gasteiger partial charge in [0.25, 0.3) is 0 Å². The van der Waals surface area contributed by atoms with Gasteiger partial charge in [-0.1, -0.05) is 6.07 Å². The van der Waals surface area contributed by atoms with E-state index in [1.165, 1.54) is 0 Å². The molecule has 5 nitrogen and oxygen atoms in total. The van der Waals surface area contributed by atoms with Crippen molar-refractivity contribution in [2.45, 2.75) is 51.9 Å². The quantitative estimate of drug-likeness (QED) is 0.856. The first-order chi connectivity index (χ1) is 9.96. The molecular weight excluding hydrogens is 268 g/mol. The van der Waals surface area contributed by atoms with E-state index in [4.69, 9.17) is 9.47 Å². The standard InChI is InChI=1S/C16H24N2O3/c1-16(2,3)21-15(19)18-9-5-7-14(18)12-20-11-13-6-4-8-17-10-13/h4,6,8,10,14H,5,7,9,11-12H2,1-3H3/t14-/m0/s1. The van der Waals surface area contributed by atoms with E-state index in [2.05, 4.69) is 4.98 Å². The molecule has 1 saturated heterocycles. The van der Waals surface area contributed by atoms with E-state index in [1.54, 1.807) is 17.3 Å². The summed E-state index contributed by atoms with van der Waals surface area (Å²) in [5.74, 6) is 0. The minimum atomic E-state index is -0.458. The van der Waals surface area contributed by atoms with Crippen LogP contribution in [0.3, 0.4) is 0 Å². The van der Waals surface area contributed by atoms with Crippen molar-refractivity contribution in [3.05, 3.63) is 30.1 Å². The molecule has 1 atom stereocenters. The lowest BCUT2D eigenvalue weighted by Crippen LogP contribution is -2.41. The summed E-state index contributed by atoms with van der Waals surface area (Å²) in [7, 11) is 0. The zero-order chi connectivity index (χ0) is 15.3. The fourth-order valence-corrected chi connectivity index (χ4v) is 2.37. The maximum Gasteiger partial charge on any atom is 0.410 e. The van der Waals surface area contributed by atoms with Crippen LogP contribution in [0.4, 0.5) is 4.79 Å². The van der Waals surface area contributed by atoms with Gasteiger partial charge in [0.2, 0.25) is 0 Å². The molecule has 2 heterocycles. The molecule has 0 bridgehead atoms. The van der Waals surface area contributed by atoms with E-state index in [0.29, 0.717) is 13.2 Å². The molecule has 0 saturated carbocycles. The Morgan fingerprint density at radius 2 is 2.29 bits per heavy atom. The zero-order valence-corrected chi connectivity index (χ0v) is 13.0. The van der Waals surface area contributed by atoms with Crippen LogP contribution in [0.5, 0.6) is 0 Å². The minimum absolute atomic E-state index is 0.108. The summed E-state index contributed by atoms with van der Waals surface area (Å²) >= 11 is 0. The number of pyridine rings is 1. The Kier molecular flexibility index (Phi) is 5.17. The van der Waals surface area contributed by atoms with Crippen LogP contribution < -0.4 is 0 Å². The van der Waals surface area contributed by atoms with Crippen molar-refractivity contribution in [2.24, 2.45) is 0 Å². The molecule has 0 radical (unpaired) electrons. The highest BCUT2D eigenvalue weighted by molar-refractivity contribution is 5.68. The van der Waals surface area contributed by atoms with Gasteiger partial charge < -0.3 is 14.4 Å². The van der Waals surface area contributed by atoms with Gasteiger partial charge in [0.15, 0.2) is 0 Å². The molecule has 116 valence electrons. The smallest absolute Gasteiger partial charge is 0.410 e.